The molecular weight excluding hydrogens is 464 g/mol. The fourth-order valence-electron chi connectivity index (χ4n) is 3.91. The molecule has 2 aliphatic rings. The molecule has 0 bridgehead atoms. The lowest BCUT2D eigenvalue weighted by Crippen LogP contribution is -2.45. The van der Waals surface area contributed by atoms with E-state index in [2.05, 4.69) is 15.9 Å². The highest BCUT2D eigenvalue weighted by atomic mass is 79.9. The van der Waals surface area contributed by atoms with E-state index >= 15 is 0 Å². The summed E-state index contributed by atoms with van der Waals surface area (Å²) in [7, 11) is 0. The fourth-order valence-corrected chi connectivity index (χ4v) is 4.35. The normalized spacial score (nSPS) is 19.6. The smallest absolute Gasteiger partial charge is 0.251 e. The lowest BCUT2D eigenvalue weighted by Gasteiger charge is -2.37. The molecule has 0 saturated heterocycles. The highest BCUT2D eigenvalue weighted by Crippen LogP contribution is 2.44. The molecule has 0 spiro atoms. The average Bonchev–Trinajstić information content (AvgIpc) is 3.19. The summed E-state index contributed by atoms with van der Waals surface area (Å²) in [6.07, 6.45) is -0.143. The van der Waals surface area contributed by atoms with Crippen molar-refractivity contribution in [2.24, 2.45) is 5.10 Å². The Morgan fingerprint density at radius 3 is 2.57 bits per heavy atom. The van der Waals surface area contributed by atoms with E-state index in [0.29, 0.717) is 22.8 Å². The van der Waals surface area contributed by atoms with Crippen molar-refractivity contribution in [1.82, 2.24) is 5.01 Å². The van der Waals surface area contributed by atoms with Gasteiger partial charge in [-0.2, -0.15) is 5.10 Å². The molecule has 3 aromatic rings. The summed E-state index contributed by atoms with van der Waals surface area (Å²) in [6.45, 7) is 2.00. The third-order valence-corrected chi connectivity index (χ3v) is 6.25. The molecule has 2 aliphatic heterocycles. The summed E-state index contributed by atoms with van der Waals surface area (Å²) in [4.78, 5) is 13.4. The Balaban J connectivity index is 1.57. The first-order valence-electron chi connectivity index (χ1n) is 9.68. The molecule has 0 fully saturated rings. The molecule has 0 aliphatic carbocycles. The second-order valence-electron chi connectivity index (χ2n) is 7.54. The first-order chi connectivity index (χ1) is 14.5. The number of nitrogens with zero attached hydrogens (tertiary/aromatic N) is 2. The Kier molecular flexibility index (Phi) is 4.88. The minimum atomic E-state index is -0.820. The van der Waals surface area contributed by atoms with Gasteiger partial charge >= 0.3 is 0 Å². The number of Topliss-reactive ketones (excluding diaryl/α,β-unsaturated/α-hetero) is 1. The number of halogens is 2. The van der Waals surface area contributed by atoms with Crippen LogP contribution in [0.1, 0.15) is 39.5 Å². The van der Waals surface area contributed by atoms with Gasteiger partial charge in [0.2, 0.25) is 5.78 Å². The van der Waals surface area contributed by atoms with Crippen molar-refractivity contribution in [3.05, 3.63) is 98.5 Å². The number of aryl methyl sites for hydroxylation is 1. The van der Waals surface area contributed by atoms with Gasteiger partial charge in [0, 0.05) is 27.0 Å². The lowest BCUT2D eigenvalue weighted by molar-refractivity contribution is -0.00455. The molecule has 30 heavy (non-hydrogen) atoms. The minimum absolute atomic E-state index is 0.106. The Morgan fingerprint density at radius 1 is 1.10 bits per heavy atom. The van der Waals surface area contributed by atoms with Gasteiger partial charge in [-0.3, -0.25) is 4.79 Å². The molecule has 150 valence electrons. The zero-order valence-electron chi connectivity index (χ0n) is 16.2. The third-order valence-electron chi connectivity index (χ3n) is 5.49. The van der Waals surface area contributed by atoms with E-state index in [4.69, 9.17) is 21.4 Å². The number of ether oxygens (including phenoxy) is 1. The zero-order chi connectivity index (χ0) is 20.8. The number of ketones is 1. The van der Waals surface area contributed by atoms with Gasteiger partial charge in [0.15, 0.2) is 0 Å². The quantitative estimate of drug-likeness (QED) is 0.421. The molecule has 5 rings (SSSR count). The van der Waals surface area contributed by atoms with Crippen molar-refractivity contribution in [2.45, 2.75) is 25.6 Å². The lowest BCUT2D eigenvalue weighted by atomic mass is 9.95. The summed E-state index contributed by atoms with van der Waals surface area (Å²) < 4.78 is 7.16. The average molecular weight is 482 g/mol. The topological polar surface area (TPSA) is 41.9 Å². The van der Waals surface area contributed by atoms with Crippen molar-refractivity contribution in [3.63, 3.8) is 0 Å². The highest BCUT2D eigenvalue weighted by Gasteiger charge is 2.43. The molecule has 2 atom stereocenters. The largest absolute Gasteiger partial charge is 0.461 e. The molecule has 4 nitrogen and oxygen atoms in total. The van der Waals surface area contributed by atoms with Crippen LogP contribution in [0, 0.1) is 6.92 Å². The number of fused-ring (bicyclic) bond motifs is 3. The fraction of sp³-hybridized carbons (Fsp3) is 0.167. The van der Waals surface area contributed by atoms with Crippen molar-refractivity contribution in [2.75, 3.05) is 0 Å². The van der Waals surface area contributed by atoms with Crippen LogP contribution >= 0.6 is 27.5 Å². The predicted octanol–water partition coefficient (Wildman–Crippen LogP) is 6.16. The van der Waals surface area contributed by atoms with Crippen LogP contribution in [0.4, 0.5) is 0 Å². The molecule has 0 amide bonds. The van der Waals surface area contributed by atoms with E-state index in [1.165, 1.54) is 0 Å². The van der Waals surface area contributed by atoms with Gasteiger partial charge in [0.05, 0.1) is 11.8 Å². The van der Waals surface area contributed by atoms with E-state index < -0.39 is 6.23 Å². The van der Waals surface area contributed by atoms with Crippen LogP contribution in [0.25, 0.3) is 0 Å². The molecule has 0 saturated carbocycles. The summed E-state index contributed by atoms with van der Waals surface area (Å²) in [6, 6.07) is 21.0. The molecule has 2 heterocycles. The molecule has 0 unspecified atom stereocenters. The summed E-state index contributed by atoms with van der Waals surface area (Å²) in [5.41, 5.74) is 4.61. The standard InChI is InChI=1S/C24H18BrClN2O2/c1-14-2-4-16(5-3-14)23(29)24-28-21(19-12-18(26)10-11-22(19)30-24)13-20(27-28)15-6-8-17(25)9-7-15/h2-12,21,24H,13H2,1H3/t21-,24+/m1/s1. The predicted molar refractivity (Wildman–Crippen MR) is 121 cm³/mol. The van der Waals surface area contributed by atoms with E-state index in [9.17, 15) is 4.79 Å². The van der Waals surface area contributed by atoms with Crippen molar-refractivity contribution >= 4 is 39.0 Å². The van der Waals surface area contributed by atoms with Crippen LogP contribution in [0.15, 0.2) is 76.3 Å². The minimum Gasteiger partial charge on any atom is -0.461 e. The second-order valence-corrected chi connectivity index (χ2v) is 8.89. The van der Waals surface area contributed by atoms with E-state index in [1.54, 1.807) is 11.1 Å². The van der Waals surface area contributed by atoms with Crippen molar-refractivity contribution in [1.29, 1.82) is 0 Å². The Bertz CT molecular complexity index is 1160. The highest BCUT2D eigenvalue weighted by molar-refractivity contribution is 9.10. The van der Waals surface area contributed by atoms with Crippen LogP contribution < -0.4 is 4.74 Å². The first kappa shape index (κ1) is 19.3. The van der Waals surface area contributed by atoms with E-state index in [1.807, 2.05) is 67.6 Å². The van der Waals surface area contributed by atoms with Crippen LogP contribution in [-0.2, 0) is 0 Å². The first-order valence-corrected chi connectivity index (χ1v) is 10.9. The summed E-state index contributed by atoms with van der Waals surface area (Å²) in [5, 5.41) is 7.26. The van der Waals surface area contributed by atoms with Crippen molar-refractivity contribution < 1.29 is 9.53 Å². The van der Waals surface area contributed by atoms with Crippen LogP contribution in [0.5, 0.6) is 5.75 Å². The monoisotopic (exact) mass is 480 g/mol. The number of hydrazone groups is 1. The molecule has 3 aromatic carbocycles. The second kappa shape index (κ2) is 7.56. The molecule has 0 aromatic heterocycles. The van der Waals surface area contributed by atoms with Gasteiger partial charge < -0.3 is 4.74 Å². The van der Waals surface area contributed by atoms with Crippen LogP contribution in [0.3, 0.4) is 0 Å². The zero-order valence-corrected chi connectivity index (χ0v) is 18.5. The van der Waals surface area contributed by atoms with Crippen LogP contribution in [-0.4, -0.2) is 22.7 Å². The van der Waals surface area contributed by atoms with Gasteiger partial charge in [0.1, 0.15) is 5.75 Å². The molecular formula is C24H18BrClN2O2. The SMILES string of the molecule is Cc1ccc(C(=O)[C@@H]2Oc3ccc(Cl)cc3[C@H]3CC(c4ccc(Br)cc4)=NN32)cc1. The number of hydrogen-bond acceptors (Lipinski definition) is 4. The van der Waals surface area contributed by atoms with Gasteiger partial charge in [-0.1, -0.05) is 69.5 Å². The summed E-state index contributed by atoms with van der Waals surface area (Å²) >= 11 is 9.74. The molecule has 0 N–H and O–H groups in total. The maximum absolute atomic E-state index is 13.4. The van der Waals surface area contributed by atoms with Crippen LogP contribution in [0.2, 0.25) is 5.02 Å². The van der Waals surface area contributed by atoms with Gasteiger partial charge in [-0.15, -0.1) is 0 Å². The van der Waals surface area contributed by atoms with E-state index in [-0.39, 0.29) is 11.8 Å². The Morgan fingerprint density at radius 2 is 1.83 bits per heavy atom. The number of rotatable bonds is 3. The number of carbonyl (C=O) groups excluding carboxylic acids is 1. The van der Waals surface area contributed by atoms with Gasteiger partial charge in [-0.25, -0.2) is 5.01 Å². The number of carbonyl (C=O) groups is 1. The maximum atomic E-state index is 13.4. The number of hydrogen-bond donors (Lipinski definition) is 0. The van der Waals surface area contributed by atoms with Gasteiger partial charge in [-0.05, 0) is 42.8 Å². The van der Waals surface area contributed by atoms with Gasteiger partial charge in [0.25, 0.3) is 6.23 Å². The maximum Gasteiger partial charge on any atom is 0.251 e. The summed E-state index contributed by atoms with van der Waals surface area (Å²) in [5.74, 6) is 0.569. The van der Waals surface area contributed by atoms with E-state index in [0.717, 1.165) is 26.9 Å². The molecule has 0 radical (unpaired) electrons. The Labute approximate surface area is 188 Å². The number of benzene rings is 3. The molecule has 6 heteroatoms. The van der Waals surface area contributed by atoms with Crippen molar-refractivity contribution in [3.8, 4) is 5.75 Å². The Hall–Kier alpha value is -2.63. The third kappa shape index (κ3) is 3.42.